The molecule has 1 spiro atoms. The van der Waals surface area contributed by atoms with Gasteiger partial charge in [0.05, 0.1) is 16.8 Å². The Morgan fingerprint density at radius 3 is 1.64 bits per heavy atom. The zero-order valence-electron chi connectivity index (χ0n) is 56.6. The number of anilines is 7. The van der Waals surface area contributed by atoms with E-state index >= 15 is 0 Å². The zero-order chi connectivity index (χ0) is 66.1. The number of nitrogens with zero attached hydrogens (tertiary/aromatic N) is 5. The fourth-order valence-electron chi connectivity index (χ4n) is 15.3. The normalized spacial score (nSPS) is 13.7. The third kappa shape index (κ3) is 10.2. The molecule has 1 aliphatic carbocycles. The summed E-state index contributed by atoms with van der Waals surface area (Å²) in [5, 5.41) is 2.19. The first-order chi connectivity index (χ1) is 47.0. The number of benzene rings is 12. The van der Waals surface area contributed by atoms with Crippen molar-refractivity contribution in [1.29, 1.82) is 0 Å². The Morgan fingerprint density at radius 1 is 0.388 bits per heavy atom. The quantitative estimate of drug-likeness (QED) is 0.135. The van der Waals surface area contributed by atoms with Crippen LogP contribution in [0.1, 0.15) is 101 Å². The Bertz CT molecular complexity index is 5370. The largest absolute Gasteiger partial charge is 0.509 e. The van der Waals surface area contributed by atoms with Gasteiger partial charge in [0.2, 0.25) is 0 Å². The van der Waals surface area contributed by atoms with E-state index in [-0.39, 0.29) is 37.3 Å². The maximum atomic E-state index is 6.89. The molecular weight excluding hydrogens is 1370 g/mol. The van der Waals surface area contributed by atoms with Gasteiger partial charge in [-0.25, -0.2) is 4.98 Å². The van der Waals surface area contributed by atoms with Crippen LogP contribution in [0.4, 0.5) is 39.8 Å². The van der Waals surface area contributed by atoms with E-state index in [1.165, 1.54) is 67.0 Å². The third-order valence-electron chi connectivity index (χ3n) is 20.2. The average Bonchev–Trinajstić information content (AvgIpc) is 1.47. The van der Waals surface area contributed by atoms with Crippen LogP contribution in [0.15, 0.2) is 279 Å². The van der Waals surface area contributed by atoms with Crippen molar-refractivity contribution in [2.45, 2.75) is 84.0 Å². The maximum Gasteiger partial charge on any atom is 0.135 e. The van der Waals surface area contributed by atoms with Gasteiger partial charge < -0.3 is 24.0 Å². The van der Waals surface area contributed by atoms with Gasteiger partial charge in [-0.2, -0.15) is 12.1 Å². The van der Waals surface area contributed by atoms with Gasteiger partial charge in [0, 0.05) is 83.7 Å². The number of fused-ring (bicyclic) bond motifs is 13. The zero-order valence-corrected chi connectivity index (χ0v) is 58.9. The van der Waals surface area contributed by atoms with Crippen molar-refractivity contribution in [3.05, 3.63) is 337 Å². The molecule has 0 fully saturated rings. The Hall–Kier alpha value is -10.5. The second-order valence-corrected chi connectivity index (χ2v) is 29.3. The molecule has 2 aromatic heterocycles. The molecule has 7 heteroatoms. The molecule has 482 valence electrons. The Balaban J connectivity index is 0.00000751. The van der Waals surface area contributed by atoms with E-state index < -0.39 is 5.41 Å². The van der Waals surface area contributed by atoms with Crippen molar-refractivity contribution in [2.75, 3.05) is 14.7 Å². The van der Waals surface area contributed by atoms with Crippen LogP contribution in [-0.2, 0) is 42.7 Å². The summed E-state index contributed by atoms with van der Waals surface area (Å²) in [5.74, 6) is 1.95. The number of ether oxygens (including phenoxy) is 1. The number of hydrogen-bond donors (Lipinski definition) is 0. The van der Waals surface area contributed by atoms with Gasteiger partial charge in [-0.1, -0.05) is 250 Å². The second-order valence-electron chi connectivity index (χ2n) is 29.3. The molecule has 14 aromatic rings. The molecule has 0 atom stereocenters. The molecular formula is C91H74N5OPt-3. The summed E-state index contributed by atoms with van der Waals surface area (Å²) in [6, 6.07) is 108. The molecule has 0 radical (unpaired) electrons. The van der Waals surface area contributed by atoms with Crippen molar-refractivity contribution >= 4 is 61.6 Å². The Labute approximate surface area is 590 Å². The van der Waals surface area contributed by atoms with Crippen molar-refractivity contribution in [2.24, 2.45) is 0 Å². The first kappa shape index (κ1) is 62.3. The molecule has 3 aliphatic rings. The van der Waals surface area contributed by atoms with E-state index in [4.69, 9.17) is 9.72 Å². The summed E-state index contributed by atoms with van der Waals surface area (Å²) in [7, 11) is 0. The first-order valence-corrected chi connectivity index (χ1v) is 33.8. The SMILES string of the molecule is CC(C)(C)c1cccc(-c2ccc(-n3c4[c-]c(Oc5[c-]c(N6[CH-]N(c7c(-c8cc(C(C)(C)C)cc(C(C)(C)C)c8)cccc7-c7ccc8c(c7)-c7ccccc7C87c8ccccc8N(c8ccccc8)c8ccccc87)c7ccccc76)ccc5)ccc4c4ccccc43)nc2)c1.[Pt]. The summed E-state index contributed by atoms with van der Waals surface area (Å²) in [4.78, 5) is 12.2. The minimum Gasteiger partial charge on any atom is -0.509 e. The molecule has 4 heterocycles. The van der Waals surface area contributed by atoms with Gasteiger partial charge in [-0.05, 0) is 149 Å². The molecule has 0 saturated heterocycles. The number of hydrogen-bond acceptors (Lipinski definition) is 5. The minimum absolute atomic E-state index is 0. The topological polar surface area (TPSA) is 36.8 Å². The number of pyridine rings is 1. The van der Waals surface area contributed by atoms with E-state index in [0.717, 1.165) is 83.9 Å². The molecule has 0 N–H and O–H groups in total. The monoisotopic (exact) mass is 1450 g/mol. The van der Waals surface area contributed by atoms with Gasteiger partial charge >= 0.3 is 0 Å². The minimum atomic E-state index is -0.586. The van der Waals surface area contributed by atoms with E-state index in [2.05, 4.69) is 361 Å². The Morgan fingerprint density at radius 2 is 0.949 bits per heavy atom. The summed E-state index contributed by atoms with van der Waals surface area (Å²) >= 11 is 0. The molecule has 6 nitrogen and oxygen atoms in total. The first-order valence-electron chi connectivity index (χ1n) is 33.8. The van der Waals surface area contributed by atoms with Crippen LogP contribution in [0.5, 0.6) is 11.5 Å². The Kier molecular flexibility index (Phi) is 15.0. The summed E-state index contributed by atoms with van der Waals surface area (Å²) < 4.78 is 9.08. The summed E-state index contributed by atoms with van der Waals surface area (Å²) in [5.41, 5.74) is 26.9. The molecule has 0 saturated carbocycles. The van der Waals surface area contributed by atoms with Crippen LogP contribution in [0, 0.1) is 18.8 Å². The van der Waals surface area contributed by atoms with Gasteiger partial charge in [0.25, 0.3) is 0 Å². The number of para-hydroxylation sites is 7. The van der Waals surface area contributed by atoms with Gasteiger partial charge in [0.15, 0.2) is 0 Å². The van der Waals surface area contributed by atoms with Gasteiger partial charge in [-0.15, -0.1) is 48.1 Å². The van der Waals surface area contributed by atoms with Crippen LogP contribution in [0.25, 0.3) is 72.1 Å². The van der Waals surface area contributed by atoms with Gasteiger partial charge in [-0.3, -0.25) is 0 Å². The standard InChI is InChI=1S/C91H74N5O.Pt/c1-88(2,3)63-27-23-26-59(50-63)61-45-49-86(92-57-61)96-80-39-18-14-33-73(80)74-47-46-69(56-85(74)96)97-68-31-24-30-67(55-68)93-58-94(84-43-22-21-42-83(84)93)87-70(34-25-35-71(87)62-51-64(89(4,5)6)54-65(52-62)90(7,8)9)60-44-48-77-75(53-60)72-32-13-15-36-76(72)91(77)78-37-16-19-40-81(78)95(66-28-11-10-12-29-66)82-41-20-17-38-79(82)91;/h10-54,57-58H,1-9H3;/q-3;. The molecule has 12 aromatic carbocycles. The molecule has 17 rings (SSSR count). The predicted octanol–water partition coefficient (Wildman–Crippen LogP) is 24.0. The van der Waals surface area contributed by atoms with Crippen LogP contribution in [0.3, 0.4) is 0 Å². The van der Waals surface area contributed by atoms with Crippen molar-refractivity contribution in [1.82, 2.24) is 9.55 Å². The van der Waals surface area contributed by atoms with E-state index in [1.54, 1.807) is 0 Å². The molecule has 2 aliphatic heterocycles. The van der Waals surface area contributed by atoms with Crippen molar-refractivity contribution < 1.29 is 25.8 Å². The fraction of sp³-hybridized carbons (Fsp3) is 0.143. The van der Waals surface area contributed by atoms with Crippen LogP contribution in [-0.4, -0.2) is 9.55 Å². The van der Waals surface area contributed by atoms with E-state index in [1.807, 2.05) is 18.3 Å². The second kappa shape index (κ2) is 23.6. The molecule has 0 unspecified atom stereocenters. The number of rotatable bonds is 9. The van der Waals surface area contributed by atoms with Crippen molar-refractivity contribution in [3.63, 3.8) is 0 Å². The molecule has 98 heavy (non-hydrogen) atoms. The maximum absolute atomic E-state index is 6.89. The summed E-state index contributed by atoms with van der Waals surface area (Å²) in [6.07, 6.45) is 1.98. The van der Waals surface area contributed by atoms with E-state index in [9.17, 15) is 0 Å². The van der Waals surface area contributed by atoms with Crippen molar-refractivity contribution in [3.8, 4) is 61.8 Å². The smallest absolute Gasteiger partial charge is 0.135 e. The average molecular weight is 1450 g/mol. The third-order valence-corrected chi connectivity index (χ3v) is 20.2. The molecule has 0 amide bonds. The predicted molar refractivity (Wildman–Crippen MR) is 402 cm³/mol. The fourth-order valence-corrected chi connectivity index (χ4v) is 15.3. The van der Waals surface area contributed by atoms with Gasteiger partial charge in [0.1, 0.15) is 5.82 Å². The van der Waals surface area contributed by atoms with Crippen LogP contribution < -0.4 is 19.4 Å². The summed E-state index contributed by atoms with van der Waals surface area (Å²) in [6.45, 7) is 23.0. The number of aromatic nitrogens is 2. The molecule has 0 bridgehead atoms. The van der Waals surface area contributed by atoms with E-state index in [0.29, 0.717) is 11.5 Å². The van der Waals surface area contributed by atoms with Crippen LogP contribution in [0.2, 0.25) is 0 Å². The van der Waals surface area contributed by atoms with Crippen LogP contribution >= 0.6 is 0 Å².